The van der Waals surface area contributed by atoms with Crippen LogP contribution in [0.1, 0.15) is 22.8 Å². The number of rotatable bonds is 3. The molecule has 1 rings (SSSR count). The standard InChI is InChI=1S/C10H14N2O.ClH/c1-2-12-10(13)9-5-3-4-8(6-9)7-11;/h3-6H,2,7,11H2,1H3,(H,12,13);1H. The molecule has 1 amide bonds. The molecule has 1 aromatic rings. The number of halogens is 1. The van der Waals surface area contributed by atoms with Crippen LogP contribution in [0.3, 0.4) is 0 Å². The van der Waals surface area contributed by atoms with Gasteiger partial charge in [0.1, 0.15) is 0 Å². The van der Waals surface area contributed by atoms with E-state index in [2.05, 4.69) is 5.32 Å². The highest BCUT2D eigenvalue weighted by Gasteiger charge is 2.02. The van der Waals surface area contributed by atoms with Crippen LogP contribution in [0.15, 0.2) is 24.3 Å². The predicted molar refractivity (Wildman–Crippen MR) is 59.6 cm³/mol. The molecule has 0 aliphatic carbocycles. The molecule has 4 heteroatoms. The van der Waals surface area contributed by atoms with Gasteiger partial charge in [-0.25, -0.2) is 0 Å². The fourth-order valence-corrected chi connectivity index (χ4v) is 1.10. The molecular formula is C10H15ClN2O. The molecule has 3 nitrogen and oxygen atoms in total. The van der Waals surface area contributed by atoms with Crippen LogP contribution in [0.2, 0.25) is 0 Å². The molecule has 3 N–H and O–H groups in total. The third kappa shape index (κ3) is 3.36. The second-order valence-electron chi connectivity index (χ2n) is 2.76. The molecule has 0 aliphatic heterocycles. The molecule has 0 aromatic heterocycles. The van der Waals surface area contributed by atoms with Gasteiger partial charge in [0.25, 0.3) is 5.91 Å². The van der Waals surface area contributed by atoms with Crippen molar-refractivity contribution in [3.8, 4) is 0 Å². The molecule has 0 spiro atoms. The Morgan fingerprint density at radius 2 is 2.21 bits per heavy atom. The van der Waals surface area contributed by atoms with Crippen molar-refractivity contribution in [3.05, 3.63) is 35.4 Å². The zero-order valence-corrected chi connectivity index (χ0v) is 8.93. The van der Waals surface area contributed by atoms with E-state index in [4.69, 9.17) is 5.73 Å². The van der Waals surface area contributed by atoms with Crippen molar-refractivity contribution >= 4 is 18.3 Å². The van der Waals surface area contributed by atoms with E-state index in [1.165, 1.54) is 0 Å². The smallest absolute Gasteiger partial charge is 0.251 e. The van der Waals surface area contributed by atoms with Crippen LogP contribution >= 0.6 is 12.4 Å². The van der Waals surface area contributed by atoms with Crippen LogP contribution in [0.25, 0.3) is 0 Å². The van der Waals surface area contributed by atoms with Gasteiger partial charge in [-0.1, -0.05) is 12.1 Å². The lowest BCUT2D eigenvalue weighted by molar-refractivity contribution is 0.0955. The van der Waals surface area contributed by atoms with E-state index in [-0.39, 0.29) is 18.3 Å². The van der Waals surface area contributed by atoms with Gasteiger partial charge in [0.15, 0.2) is 0 Å². The Bertz CT molecular complexity index is 302. The Hall–Kier alpha value is -1.06. The first-order valence-corrected chi connectivity index (χ1v) is 4.35. The number of amides is 1. The van der Waals surface area contributed by atoms with E-state index in [0.29, 0.717) is 18.7 Å². The first kappa shape index (κ1) is 12.9. The van der Waals surface area contributed by atoms with Crippen LogP contribution in [0, 0.1) is 0 Å². The van der Waals surface area contributed by atoms with Crippen LogP contribution in [0.5, 0.6) is 0 Å². The number of hydrogen-bond acceptors (Lipinski definition) is 2. The lowest BCUT2D eigenvalue weighted by Gasteiger charge is -2.03. The third-order valence-corrected chi connectivity index (χ3v) is 1.76. The van der Waals surface area contributed by atoms with Gasteiger partial charge in [-0.05, 0) is 24.6 Å². The Kier molecular flexibility index (Phi) is 5.92. The first-order valence-electron chi connectivity index (χ1n) is 4.35. The van der Waals surface area contributed by atoms with E-state index in [1.54, 1.807) is 6.07 Å². The molecule has 0 heterocycles. The van der Waals surface area contributed by atoms with Crippen molar-refractivity contribution in [3.63, 3.8) is 0 Å². The molecular weight excluding hydrogens is 200 g/mol. The molecule has 0 bridgehead atoms. The highest BCUT2D eigenvalue weighted by Crippen LogP contribution is 2.03. The van der Waals surface area contributed by atoms with Gasteiger partial charge in [0.2, 0.25) is 0 Å². The molecule has 0 saturated heterocycles. The third-order valence-electron chi connectivity index (χ3n) is 1.76. The summed E-state index contributed by atoms with van der Waals surface area (Å²) in [6.45, 7) is 3.00. The average molecular weight is 215 g/mol. The van der Waals surface area contributed by atoms with E-state index in [0.717, 1.165) is 5.56 Å². The minimum atomic E-state index is -0.0437. The summed E-state index contributed by atoms with van der Waals surface area (Å²) in [6, 6.07) is 7.34. The van der Waals surface area contributed by atoms with Gasteiger partial charge in [0, 0.05) is 18.7 Å². The monoisotopic (exact) mass is 214 g/mol. The van der Waals surface area contributed by atoms with Crippen molar-refractivity contribution in [1.82, 2.24) is 5.32 Å². The molecule has 0 radical (unpaired) electrons. The second kappa shape index (κ2) is 6.40. The fourth-order valence-electron chi connectivity index (χ4n) is 1.10. The summed E-state index contributed by atoms with van der Waals surface area (Å²) >= 11 is 0. The number of benzene rings is 1. The number of carbonyl (C=O) groups is 1. The molecule has 0 unspecified atom stereocenters. The van der Waals surface area contributed by atoms with E-state index in [1.807, 2.05) is 25.1 Å². The summed E-state index contributed by atoms with van der Waals surface area (Å²) in [4.78, 5) is 11.4. The maximum absolute atomic E-state index is 11.4. The number of carbonyl (C=O) groups excluding carboxylic acids is 1. The van der Waals surface area contributed by atoms with Gasteiger partial charge in [0.05, 0.1) is 0 Å². The fraction of sp³-hybridized carbons (Fsp3) is 0.300. The molecule has 1 aromatic carbocycles. The van der Waals surface area contributed by atoms with Gasteiger partial charge in [-0.2, -0.15) is 0 Å². The molecule has 0 fully saturated rings. The SMILES string of the molecule is CCNC(=O)c1cccc(CN)c1.Cl. The quantitative estimate of drug-likeness (QED) is 0.798. The zero-order chi connectivity index (χ0) is 9.68. The highest BCUT2D eigenvalue weighted by molar-refractivity contribution is 5.94. The van der Waals surface area contributed by atoms with Crippen molar-refractivity contribution in [2.45, 2.75) is 13.5 Å². The maximum atomic E-state index is 11.4. The Morgan fingerprint density at radius 3 is 2.79 bits per heavy atom. The summed E-state index contributed by atoms with van der Waals surface area (Å²) in [6.07, 6.45) is 0. The Balaban J connectivity index is 0.00000169. The predicted octanol–water partition coefficient (Wildman–Crippen LogP) is 1.32. The normalized spacial score (nSPS) is 9.00. The van der Waals surface area contributed by atoms with Crippen molar-refractivity contribution in [2.75, 3.05) is 6.54 Å². The lowest BCUT2D eigenvalue weighted by Crippen LogP contribution is -2.22. The van der Waals surface area contributed by atoms with E-state index >= 15 is 0 Å². The van der Waals surface area contributed by atoms with Gasteiger partial charge < -0.3 is 11.1 Å². The van der Waals surface area contributed by atoms with Crippen molar-refractivity contribution in [1.29, 1.82) is 0 Å². The number of nitrogens with two attached hydrogens (primary N) is 1. The van der Waals surface area contributed by atoms with Crippen LogP contribution in [0.4, 0.5) is 0 Å². The van der Waals surface area contributed by atoms with Gasteiger partial charge in [-0.3, -0.25) is 4.79 Å². The van der Waals surface area contributed by atoms with Crippen LogP contribution in [-0.4, -0.2) is 12.5 Å². The molecule has 0 saturated carbocycles. The summed E-state index contributed by atoms with van der Waals surface area (Å²) in [7, 11) is 0. The van der Waals surface area contributed by atoms with Crippen LogP contribution in [-0.2, 0) is 6.54 Å². The minimum absolute atomic E-state index is 0. The molecule has 14 heavy (non-hydrogen) atoms. The van der Waals surface area contributed by atoms with Crippen molar-refractivity contribution in [2.24, 2.45) is 5.73 Å². The highest BCUT2D eigenvalue weighted by atomic mass is 35.5. The van der Waals surface area contributed by atoms with E-state index in [9.17, 15) is 4.79 Å². The summed E-state index contributed by atoms with van der Waals surface area (Å²) in [5.41, 5.74) is 7.11. The number of nitrogens with one attached hydrogen (secondary N) is 1. The van der Waals surface area contributed by atoms with Crippen molar-refractivity contribution < 1.29 is 4.79 Å². The van der Waals surface area contributed by atoms with E-state index < -0.39 is 0 Å². The Morgan fingerprint density at radius 1 is 1.50 bits per heavy atom. The number of hydrogen-bond donors (Lipinski definition) is 2. The first-order chi connectivity index (χ1) is 6.27. The molecule has 0 atom stereocenters. The summed E-state index contributed by atoms with van der Waals surface area (Å²) < 4.78 is 0. The second-order valence-corrected chi connectivity index (χ2v) is 2.76. The lowest BCUT2D eigenvalue weighted by atomic mass is 10.1. The van der Waals surface area contributed by atoms with Gasteiger partial charge >= 0.3 is 0 Å². The average Bonchev–Trinajstić information content (AvgIpc) is 2.18. The topological polar surface area (TPSA) is 55.1 Å². The largest absolute Gasteiger partial charge is 0.352 e. The maximum Gasteiger partial charge on any atom is 0.251 e. The minimum Gasteiger partial charge on any atom is -0.352 e. The zero-order valence-electron chi connectivity index (χ0n) is 8.12. The summed E-state index contributed by atoms with van der Waals surface area (Å²) in [5.74, 6) is -0.0437. The van der Waals surface area contributed by atoms with Gasteiger partial charge in [-0.15, -0.1) is 12.4 Å². The summed E-state index contributed by atoms with van der Waals surface area (Å²) in [5, 5.41) is 2.73. The molecule has 78 valence electrons. The Labute approximate surface area is 90.1 Å². The van der Waals surface area contributed by atoms with Crippen LogP contribution < -0.4 is 11.1 Å². The molecule has 0 aliphatic rings.